The second-order valence-corrected chi connectivity index (χ2v) is 5.64. The molecule has 1 aromatic rings. The number of hydrogen-bond donors (Lipinski definition) is 1. The molecule has 0 atom stereocenters. The molecule has 0 spiro atoms. The molecule has 1 fully saturated rings. The number of rotatable bonds is 6. The molecule has 21 heavy (non-hydrogen) atoms. The Balaban J connectivity index is 1.66. The molecule has 1 amide bonds. The lowest BCUT2D eigenvalue weighted by Crippen LogP contribution is -2.41. The summed E-state index contributed by atoms with van der Waals surface area (Å²) in [6, 6.07) is 0. The van der Waals surface area contributed by atoms with E-state index in [0.717, 1.165) is 44.2 Å². The number of amides is 1. The first-order valence-corrected chi connectivity index (χ1v) is 7.72. The first-order valence-electron chi connectivity index (χ1n) is 7.34. The first-order chi connectivity index (χ1) is 10.1. The fourth-order valence-corrected chi connectivity index (χ4v) is 2.50. The van der Waals surface area contributed by atoms with Gasteiger partial charge >= 0.3 is 0 Å². The Morgan fingerprint density at radius 1 is 1.33 bits per heavy atom. The zero-order chi connectivity index (χ0) is 15.2. The van der Waals surface area contributed by atoms with Crippen LogP contribution in [-0.2, 0) is 16.1 Å². The van der Waals surface area contributed by atoms with Crippen LogP contribution >= 0.6 is 11.6 Å². The van der Waals surface area contributed by atoms with Gasteiger partial charge in [0.05, 0.1) is 36.2 Å². The van der Waals surface area contributed by atoms with Crippen molar-refractivity contribution in [3.05, 3.63) is 16.4 Å². The predicted molar refractivity (Wildman–Crippen MR) is 81.6 cm³/mol. The van der Waals surface area contributed by atoms with Gasteiger partial charge in [-0.1, -0.05) is 11.6 Å². The van der Waals surface area contributed by atoms with Gasteiger partial charge in [-0.3, -0.25) is 14.4 Å². The Morgan fingerprint density at radius 3 is 2.67 bits per heavy atom. The van der Waals surface area contributed by atoms with Crippen LogP contribution in [0, 0.1) is 13.8 Å². The summed E-state index contributed by atoms with van der Waals surface area (Å²) in [5.41, 5.74) is 1.72. The van der Waals surface area contributed by atoms with E-state index in [9.17, 15) is 4.79 Å². The van der Waals surface area contributed by atoms with Gasteiger partial charge < -0.3 is 10.1 Å². The molecule has 0 unspecified atom stereocenters. The van der Waals surface area contributed by atoms with Crippen LogP contribution < -0.4 is 5.32 Å². The molecule has 2 heterocycles. The van der Waals surface area contributed by atoms with E-state index in [1.807, 2.05) is 13.8 Å². The number of nitrogens with one attached hydrogen (secondary N) is 1. The third-order valence-corrected chi connectivity index (χ3v) is 4.24. The average Bonchev–Trinajstić information content (AvgIpc) is 2.73. The number of halogens is 1. The number of carbonyl (C=O) groups is 1. The van der Waals surface area contributed by atoms with E-state index in [1.165, 1.54) is 0 Å². The maximum atomic E-state index is 11.8. The van der Waals surface area contributed by atoms with E-state index in [4.69, 9.17) is 16.3 Å². The number of hydrogen-bond acceptors (Lipinski definition) is 4. The summed E-state index contributed by atoms with van der Waals surface area (Å²) in [6.07, 6.45) is 0.418. The topological polar surface area (TPSA) is 59.4 Å². The van der Waals surface area contributed by atoms with Crippen molar-refractivity contribution in [2.75, 3.05) is 39.4 Å². The van der Waals surface area contributed by atoms with Gasteiger partial charge in [-0.05, 0) is 13.8 Å². The van der Waals surface area contributed by atoms with Crippen molar-refractivity contribution in [1.82, 2.24) is 20.0 Å². The molecule has 6 nitrogen and oxygen atoms in total. The van der Waals surface area contributed by atoms with Crippen LogP contribution in [-0.4, -0.2) is 60.0 Å². The fraction of sp³-hybridized carbons (Fsp3) is 0.714. The summed E-state index contributed by atoms with van der Waals surface area (Å²) in [5.74, 6) is 0.0481. The zero-order valence-electron chi connectivity index (χ0n) is 12.7. The molecule has 0 radical (unpaired) electrons. The summed E-state index contributed by atoms with van der Waals surface area (Å²) < 4.78 is 7.08. The van der Waals surface area contributed by atoms with Crippen molar-refractivity contribution in [2.24, 2.45) is 0 Å². The minimum Gasteiger partial charge on any atom is -0.379 e. The molecule has 1 N–H and O–H groups in total. The standard InChI is InChI=1S/C14H23ClN4O2/c1-11-14(15)12(2)19(17-11)5-3-13(20)16-4-6-18-7-9-21-10-8-18/h3-10H2,1-2H3,(H,16,20). The highest BCUT2D eigenvalue weighted by atomic mass is 35.5. The van der Waals surface area contributed by atoms with E-state index >= 15 is 0 Å². The van der Waals surface area contributed by atoms with Crippen LogP contribution in [0.2, 0.25) is 5.02 Å². The van der Waals surface area contributed by atoms with Gasteiger partial charge in [0.15, 0.2) is 0 Å². The summed E-state index contributed by atoms with van der Waals surface area (Å²) in [5, 5.41) is 7.95. The van der Waals surface area contributed by atoms with Gasteiger partial charge in [-0.15, -0.1) is 0 Å². The molecule has 1 saturated heterocycles. The van der Waals surface area contributed by atoms with Gasteiger partial charge in [0.25, 0.3) is 0 Å². The van der Waals surface area contributed by atoms with E-state index in [2.05, 4.69) is 15.3 Å². The van der Waals surface area contributed by atoms with Crippen molar-refractivity contribution >= 4 is 17.5 Å². The Bertz CT molecular complexity index is 484. The van der Waals surface area contributed by atoms with Crippen LogP contribution in [0.15, 0.2) is 0 Å². The summed E-state index contributed by atoms with van der Waals surface area (Å²) in [4.78, 5) is 14.1. The third-order valence-electron chi connectivity index (χ3n) is 3.70. The molecular weight excluding hydrogens is 292 g/mol. The van der Waals surface area contributed by atoms with Crippen LogP contribution in [0.1, 0.15) is 17.8 Å². The highest BCUT2D eigenvalue weighted by molar-refractivity contribution is 6.31. The Labute approximate surface area is 130 Å². The number of ether oxygens (including phenoxy) is 1. The van der Waals surface area contributed by atoms with E-state index in [-0.39, 0.29) is 5.91 Å². The largest absolute Gasteiger partial charge is 0.379 e. The third kappa shape index (κ3) is 4.69. The zero-order valence-corrected chi connectivity index (χ0v) is 13.4. The summed E-state index contributed by atoms with van der Waals surface area (Å²) >= 11 is 6.08. The predicted octanol–water partition coefficient (Wildman–Crippen LogP) is 0.992. The van der Waals surface area contributed by atoms with E-state index < -0.39 is 0 Å². The molecule has 0 aliphatic carbocycles. The monoisotopic (exact) mass is 314 g/mol. The lowest BCUT2D eigenvalue weighted by Gasteiger charge is -2.26. The van der Waals surface area contributed by atoms with Crippen molar-refractivity contribution in [1.29, 1.82) is 0 Å². The Kier molecular flexibility index (Phi) is 6.02. The number of morpholine rings is 1. The lowest BCUT2D eigenvalue weighted by molar-refractivity contribution is -0.121. The quantitative estimate of drug-likeness (QED) is 0.851. The molecule has 7 heteroatoms. The van der Waals surface area contributed by atoms with Crippen molar-refractivity contribution < 1.29 is 9.53 Å². The maximum absolute atomic E-state index is 11.8. The fourth-order valence-electron chi connectivity index (χ4n) is 2.37. The smallest absolute Gasteiger partial charge is 0.221 e. The Morgan fingerprint density at radius 2 is 2.05 bits per heavy atom. The second kappa shape index (κ2) is 7.77. The maximum Gasteiger partial charge on any atom is 0.221 e. The minimum absolute atomic E-state index is 0.0481. The molecule has 1 aliphatic heterocycles. The molecule has 0 aromatic carbocycles. The van der Waals surface area contributed by atoms with Crippen molar-refractivity contribution in [3.8, 4) is 0 Å². The highest BCUT2D eigenvalue weighted by Gasteiger charge is 2.12. The summed E-state index contributed by atoms with van der Waals surface area (Å²) in [7, 11) is 0. The average molecular weight is 315 g/mol. The molecule has 1 aliphatic rings. The van der Waals surface area contributed by atoms with Gasteiger partial charge in [0, 0.05) is 32.6 Å². The van der Waals surface area contributed by atoms with Crippen LogP contribution in [0.4, 0.5) is 0 Å². The number of aryl methyl sites for hydroxylation is 2. The SMILES string of the molecule is Cc1nn(CCC(=O)NCCN2CCOCC2)c(C)c1Cl. The van der Waals surface area contributed by atoms with Crippen molar-refractivity contribution in [3.63, 3.8) is 0 Å². The molecule has 1 aromatic heterocycles. The number of nitrogens with zero attached hydrogens (tertiary/aromatic N) is 3. The van der Waals surface area contributed by atoms with E-state index in [0.29, 0.717) is 24.5 Å². The highest BCUT2D eigenvalue weighted by Crippen LogP contribution is 2.18. The van der Waals surface area contributed by atoms with Gasteiger partial charge in [0.1, 0.15) is 0 Å². The Hall–Kier alpha value is -1.11. The lowest BCUT2D eigenvalue weighted by atomic mass is 10.3. The number of aromatic nitrogens is 2. The minimum atomic E-state index is 0.0481. The molecule has 0 saturated carbocycles. The molecule has 0 bridgehead atoms. The second-order valence-electron chi connectivity index (χ2n) is 5.26. The molecule has 118 valence electrons. The van der Waals surface area contributed by atoms with Gasteiger partial charge in [0.2, 0.25) is 5.91 Å². The van der Waals surface area contributed by atoms with Crippen LogP contribution in [0.25, 0.3) is 0 Å². The number of carbonyl (C=O) groups excluding carboxylic acids is 1. The van der Waals surface area contributed by atoms with Gasteiger partial charge in [-0.25, -0.2) is 0 Å². The normalized spacial score (nSPS) is 16.1. The first kappa shape index (κ1) is 16.3. The molecular formula is C14H23ClN4O2. The van der Waals surface area contributed by atoms with E-state index in [1.54, 1.807) is 4.68 Å². The van der Waals surface area contributed by atoms with Crippen molar-refractivity contribution in [2.45, 2.75) is 26.8 Å². The van der Waals surface area contributed by atoms with Crippen LogP contribution in [0.3, 0.4) is 0 Å². The molecule has 2 rings (SSSR count). The van der Waals surface area contributed by atoms with Gasteiger partial charge in [-0.2, -0.15) is 5.10 Å². The summed E-state index contributed by atoms with van der Waals surface area (Å²) in [6.45, 7) is 9.35. The van der Waals surface area contributed by atoms with Crippen LogP contribution in [0.5, 0.6) is 0 Å².